The number of hydrogen-bond donors (Lipinski definition) is 0. The number of unbranched alkanes of at least 4 members (excludes halogenated alkanes) is 5. The fraction of sp³-hybridized carbons (Fsp3) is 0.250. The number of benzene rings is 4. The fourth-order valence-electron chi connectivity index (χ4n) is 4.58. The Kier molecular flexibility index (Phi) is 8.94. The fourth-order valence-corrected chi connectivity index (χ4v) is 4.58. The molecule has 0 spiro atoms. The molecule has 0 fully saturated rings. The van der Waals surface area contributed by atoms with Gasteiger partial charge >= 0.3 is 0 Å². The third-order valence-electron chi connectivity index (χ3n) is 6.64. The van der Waals surface area contributed by atoms with Gasteiger partial charge in [-0.25, -0.2) is 17.6 Å². The van der Waals surface area contributed by atoms with Crippen molar-refractivity contribution < 1.29 is 17.6 Å². The van der Waals surface area contributed by atoms with Gasteiger partial charge in [-0.2, -0.15) is 0 Å². The summed E-state index contributed by atoms with van der Waals surface area (Å²) < 4.78 is 58.1. The first-order valence-electron chi connectivity index (χ1n) is 12.6. The molecule has 0 bridgehead atoms. The first-order chi connectivity index (χ1) is 17.6. The summed E-state index contributed by atoms with van der Waals surface area (Å²) in [5.74, 6) is -3.11. The molecule has 0 nitrogen and oxygen atoms in total. The molecule has 186 valence electrons. The summed E-state index contributed by atoms with van der Waals surface area (Å²) in [5, 5.41) is 0. The molecule has 4 rings (SSSR count). The van der Waals surface area contributed by atoms with Crippen LogP contribution in [0.5, 0.6) is 0 Å². The van der Waals surface area contributed by atoms with E-state index in [9.17, 15) is 17.6 Å². The van der Waals surface area contributed by atoms with Crippen molar-refractivity contribution in [2.45, 2.75) is 51.4 Å². The van der Waals surface area contributed by atoms with E-state index in [1.807, 2.05) is 12.1 Å². The number of hydrogen-bond acceptors (Lipinski definition) is 0. The summed E-state index contributed by atoms with van der Waals surface area (Å²) in [5.41, 5.74) is 2.70. The average Bonchev–Trinajstić information content (AvgIpc) is 2.91. The van der Waals surface area contributed by atoms with Crippen LogP contribution in [0.2, 0.25) is 0 Å². The van der Waals surface area contributed by atoms with Crippen molar-refractivity contribution in [2.24, 2.45) is 0 Å². The summed E-state index contributed by atoms with van der Waals surface area (Å²) >= 11 is 0. The molecule has 0 aliphatic carbocycles. The molecular weight excluding hydrogens is 460 g/mol. The van der Waals surface area contributed by atoms with E-state index in [-0.39, 0.29) is 11.1 Å². The second kappa shape index (κ2) is 12.5. The molecule has 4 heteroatoms. The maximum atomic E-state index is 14.5. The van der Waals surface area contributed by atoms with Crippen molar-refractivity contribution in [3.63, 3.8) is 0 Å². The number of aryl methyl sites for hydroxylation is 2. The van der Waals surface area contributed by atoms with Crippen LogP contribution >= 0.6 is 0 Å². The minimum Gasteiger partial charge on any atom is -0.203 e. The van der Waals surface area contributed by atoms with Crippen molar-refractivity contribution in [1.82, 2.24) is 0 Å². The van der Waals surface area contributed by atoms with Gasteiger partial charge in [0.05, 0.1) is 0 Å². The van der Waals surface area contributed by atoms with E-state index in [1.54, 1.807) is 72.8 Å². The van der Waals surface area contributed by atoms with E-state index in [0.29, 0.717) is 35.1 Å². The molecule has 0 aliphatic rings. The first kappa shape index (κ1) is 25.7. The molecule has 36 heavy (non-hydrogen) atoms. The van der Waals surface area contributed by atoms with Crippen molar-refractivity contribution in [1.29, 1.82) is 0 Å². The Morgan fingerprint density at radius 3 is 1.11 bits per heavy atom. The van der Waals surface area contributed by atoms with E-state index in [1.165, 1.54) is 0 Å². The molecule has 0 atom stereocenters. The first-order valence-corrected chi connectivity index (χ1v) is 12.6. The Morgan fingerprint density at radius 1 is 0.361 bits per heavy atom. The zero-order valence-corrected chi connectivity index (χ0v) is 20.3. The topological polar surface area (TPSA) is 0 Å². The molecule has 0 radical (unpaired) electrons. The zero-order chi connectivity index (χ0) is 25.3. The van der Waals surface area contributed by atoms with Gasteiger partial charge in [-0.1, -0.05) is 111 Å². The lowest BCUT2D eigenvalue weighted by Gasteiger charge is -2.10. The summed E-state index contributed by atoms with van der Waals surface area (Å²) in [4.78, 5) is 0. The average molecular weight is 491 g/mol. The van der Waals surface area contributed by atoms with E-state index < -0.39 is 23.3 Å². The van der Waals surface area contributed by atoms with Gasteiger partial charge in [0.25, 0.3) is 0 Å². The van der Waals surface area contributed by atoms with Gasteiger partial charge < -0.3 is 0 Å². The van der Waals surface area contributed by atoms with Gasteiger partial charge in [0.1, 0.15) is 0 Å². The van der Waals surface area contributed by atoms with Gasteiger partial charge in [-0.15, -0.1) is 0 Å². The lowest BCUT2D eigenvalue weighted by Crippen LogP contribution is -1.98. The lowest BCUT2D eigenvalue weighted by atomic mass is 9.98. The third-order valence-corrected chi connectivity index (χ3v) is 6.64. The highest BCUT2D eigenvalue weighted by atomic mass is 19.2. The van der Waals surface area contributed by atoms with Crippen LogP contribution in [0.15, 0.2) is 84.9 Å². The van der Waals surface area contributed by atoms with Crippen LogP contribution in [0.3, 0.4) is 0 Å². The van der Waals surface area contributed by atoms with Crippen LogP contribution in [0, 0.1) is 23.3 Å². The lowest BCUT2D eigenvalue weighted by molar-refractivity contribution is 0.494. The van der Waals surface area contributed by atoms with Crippen molar-refractivity contribution in [2.75, 3.05) is 0 Å². The van der Waals surface area contributed by atoms with Crippen molar-refractivity contribution in [3.05, 3.63) is 119 Å². The van der Waals surface area contributed by atoms with Crippen LogP contribution in [-0.4, -0.2) is 0 Å². The maximum absolute atomic E-state index is 14.5. The Labute approximate surface area is 210 Å². The van der Waals surface area contributed by atoms with Gasteiger partial charge in [-0.3, -0.25) is 0 Å². The predicted octanol–water partition coefficient (Wildman–Crippen LogP) is 9.70. The smallest absolute Gasteiger partial charge is 0.166 e. The highest BCUT2D eigenvalue weighted by molar-refractivity contribution is 5.65. The van der Waals surface area contributed by atoms with Gasteiger partial charge in [-0.05, 0) is 47.9 Å². The standard InChI is InChI=1S/C32H30F4/c33-29-25(19-21-27(31(29)35)23-13-9-5-10-14-23)17-7-3-1-2-4-8-18-26-20-22-28(32(36)30(26)34)24-15-11-6-12-16-24/h5-6,9-16,19-22H,1-4,7-8,17-18H2. The molecule has 0 aliphatic heterocycles. The van der Waals surface area contributed by atoms with Crippen LogP contribution in [0.1, 0.15) is 49.7 Å². The second-order valence-electron chi connectivity index (χ2n) is 9.15. The normalized spacial score (nSPS) is 11.1. The monoisotopic (exact) mass is 490 g/mol. The summed E-state index contributed by atoms with van der Waals surface area (Å²) in [7, 11) is 0. The largest absolute Gasteiger partial charge is 0.203 e. The third kappa shape index (κ3) is 6.23. The second-order valence-corrected chi connectivity index (χ2v) is 9.15. The maximum Gasteiger partial charge on any atom is 0.166 e. The Hall–Kier alpha value is -3.40. The Morgan fingerprint density at radius 2 is 0.722 bits per heavy atom. The number of rotatable bonds is 11. The van der Waals surface area contributed by atoms with E-state index in [0.717, 1.165) is 38.5 Å². The molecule has 0 N–H and O–H groups in total. The zero-order valence-electron chi connectivity index (χ0n) is 20.3. The van der Waals surface area contributed by atoms with E-state index in [4.69, 9.17) is 0 Å². The van der Waals surface area contributed by atoms with Gasteiger partial charge in [0.2, 0.25) is 0 Å². The van der Waals surface area contributed by atoms with Gasteiger partial charge in [0.15, 0.2) is 23.3 Å². The van der Waals surface area contributed by atoms with Crippen LogP contribution in [0.25, 0.3) is 22.3 Å². The van der Waals surface area contributed by atoms with Crippen LogP contribution < -0.4 is 0 Å². The Balaban J connectivity index is 1.18. The summed E-state index contributed by atoms with van der Waals surface area (Å²) in [6.45, 7) is 0. The molecule has 4 aromatic carbocycles. The molecule has 4 aromatic rings. The summed E-state index contributed by atoms with van der Waals surface area (Å²) in [6.07, 6.45) is 6.31. The molecule has 0 amide bonds. The molecule has 0 saturated carbocycles. The molecule has 0 aromatic heterocycles. The predicted molar refractivity (Wildman–Crippen MR) is 139 cm³/mol. The van der Waals surface area contributed by atoms with E-state index in [2.05, 4.69) is 0 Å². The minimum atomic E-state index is -0.792. The molecular formula is C32H30F4. The molecule has 0 heterocycles. The molecule has 0 unspecified atom stereocenters. The van der Waals surface area contributed by atoms with E-state index >= 15 is 0 Å². The highest BCUT2D eigenvalue weighted by Gasteiger charge is 2.15. The minimum absolute atomic E-state index is 0.280. The number of halogens is 4. The SMILES string of the molecule is Fc1c(CCCCCCCCc2ccc(-c3ccccc3)c(F)c2F)ccc(-c2ccccc2)c1F. The quantitative estimate of drug-likeness (QED) is 0.145. The highest BCUT2D eigenvalue weighted by Crippen LogP contribution is 2.28. The summed E-state index contributed by atoms with van der Waals surface area (Å²) in [6, 6.07) is 24.6. The van der Waals surface area contributed by atoms with Crippen molar-refractivity contribution in [3.8, 4) is 22.3 Å². The van der Waals surface area contributed by atoms with Crippen LogP contribution in [0.4, 0.5) is 17.6 Å². The molecule has 0 saturated heterocycles. The van der Waals surface area contributed by atoms with Crippen LogP contribution in [-0.2, 0) is 12.8 Å². The Bertz CT molecular complexity index is 1170. The van der Waals surface area contributed by atoms with Gasteiger partial charge in [0, 0.05) is 11.1 Å². The van der Waals surface area contributed by atoms with Crippen molar-refractivity contribution >= 4 is 0 Å².